The summed E-state index contributed by atoms with van der Waals surface area (Å²) in [7, 11) is -3.95. The van der Waals surface area contributed by atoms with Crippen LogP contribution in [0.2, 0.25) is 0 Å². The Hall–Kier alpha value is -2.46. The van der Waals surface area contributed by atoms with Crippen LogP contribution >= 0.6 is 0 Å². The maximum absolute atomic E-state index is 13.4. The lowest BCUT2D eigenvalue weighted by Crippen LogP contribution is -2.13. The molecule has 0 radical (unpaired) electrons. The van der Waals surface area contributed by atoms with Crippen LogP contribution in [0.4, 0.5) is 14.5 Å². The van der Waals surface area contributed by atoms with Gasteiger partial charge < -0.3 is 0 Å². The highest BCUT2D eigenvalue weighted by atomic mass is 32.2. The molecule has 108 valence electrons. The monoisotopic (exact) mass is 308 g/mol. The molecule has 0 bridgehead atoms. The largest absolute Gasteiger partial charge is 0.279 e. The second-order valence-corrected chi connectivity index (χ2v) is 6.03. The van der Waals surface area contributed by atoms with Crippen molar-refractivity contribution < 1.29 is 17.2 Å². The summed E-state index contributed by atoms with van der Waals surface area (Å²) in [6.07, 6.45) is 0. The number of nitriles is 1. The minimum atomic E-state index is -3.95. The molecule has 0 aliphatic heterocycles. The van der Waals surface area contributed by atoms with Gasteiger partial charge in [0.15, 0.2) is 0 Å². The zero-order valence-electron chi connectivity index (χ0n) is 10.9. The zero-order valence-corrected chi connectivity index (χ0v) is 11.7. The van der Waals surface area contributed by atoms with Crippen LogP contribution in [-0.4, -0.2) is 8.42 Å². The summed E-state index contributed by atoms with van der Waals surface area (Å²) in [5.41, 5.74) is -0.165. The van der Waals surface area contributed by atoms with Gasteiger partial charge in [0.2, 0.25) is 0 Å². The Morgan fingerprint density at radius 3 is 2.10 bits per heavy atom. The minimum absolute atomic E-state index is 0.0294. The van der Waals surface area contributed by atoms with Crippen molar-refractivity contribution in [2.24, 2.45) is 0 Å². The molecule has 2 rings (SSSR count). The molecule has 0 amide bonds. The van der Waals surface area contributed by atoms with Gasteiger partial charge in [0.25, 0.3) is 10.0 Å². The van der Waals surface area contributed by atoms with Crippen molar-refractivity contribution in [2.75, 3.05) is 4.72 Å². The van der Waals surface area contributed by atoms with E-state index in [9.17, 15) is 17.2 Å². The van der Waals surface area contributed by atoms with Crippen molar-refractivity contribution in [1.82, 2.24) is 0 Å². The van der Waals surface area contributed by atoms with E-state index >= 15 is 0 Å². The number of nitrogens with zero attached hydrogens (tertiary/aromatic N) is 1. The molecule has 21 heavy (non-hydrogen) atoms. The summed E-state index contributed by atoms with van der Waals surface area (Å²) < 4.78 is 53.1. The number of halogens is 2. The topological polar surface area (TPSA) is 70.0 Å². The Kier molecular flexibility index (Phi) is 3.91. The lowest BCUT2D eigenvalue weighted by atomic mass is 10.2. The first-order chi connectivity index (χ1) is 9.83. The Labute approximate surface area is 120 Å². The maximum Gasteiger partial charge on any atom is 0.261 e. The van der Waals surface area contributed by atoms with Gasteiger partial charge in [-0.05, 0) is 31.2 Å². The van der Waals surface area contributed by atoms with Crippen molar-refractivity contribution in [2.45, 2.75) is 11.8 Å². The van der Waals surface area contributed by atoms with Crippen LogP contribution in [0.25, 0.3) is 0 Å². The predicted octanol–water partition coefficient (Wildman–Crippen LogP) is 2.95. The average molecular weight is 308 g/mol. The molecule has 0 saturated heterocycles. The van der Waals surface area contributed by atoms with Crippen LogP contribution in [0, 0.1) is 29.9 Å². The second kappa shape index (κ2) is 5.50. The van der Waals surface area contributed by atoms with Crippen LogP contribution in [-0.2, 0) is 10.0 Å². The quantitative estimate of drug-likeness (QED) is 0.947. The first kappa shape index (κ1) is 14.9. The molecule has 0 saturated carbocycles. The summed E-state index contributed by atoms with van der Waals surface area (Å²) in [5, 5.41) is 8.56. The zero-order chi connectivity index (χ0) is 15.6. The van der Waals surface area contributed by atoms with Gasteiger partial charge in [0.1, 0.15) is 23.3 Å². The molecule has 0 aliphatic carbocycles. The number of rotatable bonds is 3. The van der Waals surface area contributed by atoms with Crippen molar-refractivity contribution in [1.29, 1.82) is 5.26 Å². The number of sulfonamides is 1. The van der Waals surface area contributed by atoms with Crippen LogP contribution in [0.3, 0.4) is 0 Å². The molecule has 1 N–H and O–H groups in total. The number of aryl methyl sites for hydroxylation is 1. The van der Waals surface area contributed by atoms with Crippen molar-refractivity contribution in [3.8, 4) is 6.07 Å². The van der Waals surface area contributed by atoms with Crippen LogP contribution in [0.5, 0.6) is 0 Å². The van der Waals surface area contributed by atoms with Gasteiger partial charge in [0, 0.05) is 0 Å². The number of benzene rings is 2. The first-order valence-corrected chi connectivity index (χ1v) is 7.30. The van der Waals surface area contributed by atoms with Crippen molar-refractivity contribution in [3.05, 3.63) is 59.2 Å². The van der Waals surface area contributed by atoms with Gasteiger partial charge in [-0.2, -0.15) is 5.26 Å². The fraction of sp³-hybridized carbons (Fsp3) is 0.0714. The number of nitrogens with one attached hydrogen (secondary N) is 1. The van der Waals surface area contributed by atoms with E-state index in [1.807, 2.05) is 0 Å². The van der Waals surface area contributed by atoms with Crippen LogP contribution in [0.1, 0.15) is 11.1 Å². The van der Waals surface area contributed by atoms with E-state index in [1.54, 1.807) is 19.1 Å². The number of hydrogen-bond acceptors (Lipinski definition) is 3. The van der Waals surface area contributed by atoms with Crippen molar-refractivity contribution >= 4 is 15.7 Å². The van der Waals surface area contributed by atoms with Crippen LogP contribution in [0.15, 0.2) is 41.3 Å². The minimum Gasteiger partial charge on any atom is -0.279 e. The van der Waals surface area contributed by atoms with E-state index in [0.717, 1.165) is 17.7 Å². The highest BCUT2D eigenvalue weighted by molar-refractivity contribution is 7.92. The van der Waals surface area contributed by atoms with E-state index < -0.39 is 27.2 Å². The van der Waals surface area contributed by atoms with Crippen molar-refractivity contribution in [3.63, 3.8) is 0 Å². The molecule has 0 aliphatic rings. The van der Waals surface area contributed by atoms with Gasteiger partial charge in [-0.15, -0.1) is 0 Å². The molecule has 7 heteroatoms. The summed E-state index contributed by atoms with van der Waals surface area (Å²) in [6.45, 7) is 1.80. The predicted molar refractivity (Wildman–Crippen MR) is 73.1 cm³/mol. The first-order valence-electron chi connectivity index (χ1n) is 5.82. The third-order valence-electron chi connectivity index (χ3n) is 2.74. The molecule has 0 heterocycles. The fourth-order valence-electron chi connectivity index (χ4n) is 1.67. The Balaban J connectivity index is 2.38. The average Bonchev–Trinajstić information content (AvgIpc) is 2.38. The summed E-state index contributed by atoms with van der Waals surface area (Å²) in [6, 6.07) is 8.86. The highest BCUT2D eigenvalue weighted by Crippen LogP contribution is 2.21. The molecule has 0 fully saturated rings. The van der Waals surface area contributed by atoms with E-state index in [-0.39, 0.29) is 10.6 Å². The normalized spacial score (nSPS) is 11.0. The fourth-order valence-corrected chi connectivity index (χ4v) is 2.71. The smallest absolute Gasteiger partial charge is 0.261 e. The van der Waals surface area contributed by atoms with Gasteiger partial charge in [-0.3, -0.25) is 4.72 Å². The van der Waals surface area contributed by atoms with Gasteiger partial charge >= 0.3 is 0 Å². The third kappa shape index (κ3) is 3.17. The molecule has 0 unspecified atom stereocenters. The van der Waals surface area contributed by atoms with Crippen LogP contribution < -0.4 is 4.72 Å². The summed E-state index contributed by atoms with van der Waals surface area (Å²) in [5.74, 6) is -2.25. The summed E-state index contributed by atoms with van der Waals surface area (Å²) in [4.78, 5) is -0.0294. The Bertz CT molecular complexity index is 802. The number of hydrogen-bond donors (Lipinski definition) is 1. The second-order valence-electron chi connectivity index (χ2n) is 4.35. The molecule has 0 spiro atoms. The van der Waals surface area contributed by atoms with Gasteiger partial charge in [-0.25, -0.2) is 17.2 Å². The maximum atomic E-state index is 13.4. The molecule has 4 nitrogen and oxygen atoms in total. The highest BCUT2D eigenvalue weighted by Gasteiger charge is 2.17. The molecule has 2 aromatic carbocycles. The Morgan fingerprint density at radius 1 is 1.10 bits per heavy atom. The molecule has 0 aromatic heterocycles. The van der Waals surface area contributed by atoms with Gasteiger partial charge in [-0.1, -0.05) is 17.7 Å². The third-order valence-corrected chi connectivity index (χ3v) is 4.13. The molecular weight excluding hydrogens is 298 g/mol. The van der Waals surface area contributed by atoms with E-state index in [4.69, 9.17) is 5.26 Å². The number of anilines is 1. The SMILES string of the molecule is Cc1ccc(S(=O)(=O)Nc2cc(F)c(C#N)c(F)c2)cc1. The lowest BCUT2D eigenvalue weighted by molar-refractivity contribution is 0.577. The molecule has 2 aromatic rings. The van der Waals surface area contributed by atoms with Gasteiger partial charge in [0.05, 0.1) is 10.6 Å². The van der Waals surface area contributed by atoms with E-state index in [2.05, 4.69) is 4.72 Å². The molecular formula is C14H10F2N2O2S. The van der Waals surface area contributed by atoms with E-state index in [0.29, 0.717) is 0 Å². The van der Waals surface area contributed by atoms with E-state index in [1.165, 1.54) is 18.2 Å². The Morgan fingerprint density at radius 2 is 1.62 bits per heavy atom. The molecule has 0 atom stereocenters. The summed E-state index contributed by atoms with van der Waals surface area (Å²) >= 11 is 0. The standard InChI is InChI=1S/C14H10F2N2O2S/c1-9-2-4-11(5-3-9)21(19,20)18-10-6-13(15)12(8-17)14(16)7-10/h2-7,18H,1H3. The lowest BCUT2D eigenvalue weighted by Gasteiger charge is -2.09.